The van der Waals surface area contributed by atoms with E-state index >= 15 is 0 Å². The van der Waals surface area contributed by atoms with Crippen LogP contribution in [0.3, 0.4) is 0 Å². The Labute approximate surface area is 183 Å². The minimum absolute atomic E-state index is 0.138. The van der Waals surface area contributed by atoms with Crippen molar-refractivity contribution in [3.05, 3.63) is 108 Å². The Balaban J connectivity index is 1.63. The molecule has 1 heterocycles. The molecule has 1 N–H and O–H groups in total. The van der Waals surface area contributed by atoms with Crippen molar-refractivity contribution in [2.75, 3.05) is 14.1 Å². The van der Waals surface area contributed by atoms with Gasteiger partial charge in [0.15, 0.2) is 0 Å². The predicted octanol–water partition coefficient (Wildman–Crippen LogP) is 4.53. The van der Waals surface area contributed by atoms with Gasteiger partial charge in [-0.25, -0.2) is 4.68 Å². The third kappa shape index (κ3) is 4.90. The largest absolute Gasteiger partial charge is 0.348 e. The number of hydrogen-bond donors (Lipinski definition) is 1. The van der Waals surface area contributed by atoms with Crippen LogP contribution in [0.1, 0.15) is 21.5 Å². The van der Waals surface area contributed by atoms with E-state index in [1.807, 2.05) is 86.9 Å². The van der Waals surface area contributed by atoms with E-state index in [0.717, 1.165) is 23.4 Å². The Kier molecular flexibility index (Phi) is 6.24. The van der Waals surface area contributed by atoms with E-state index in [9.17, 15) is 4.79 Å². The van der Waals surface area contributed by atoms with Crippen molar-refractivity contribution in [3.8, 4) is 16.9 Å². The van der Waals surface area contributed by atoms with Crippen molar-refractivity contribution in [3.63, 3.8) is 0 Å². The van der Waals surface area contributed by atoms with Gasteiger partial charge in [-0.2, -0.15) is 5.10 Å². The van der Waals surface area contributed by atoms with Crippen molar-refractivity contribution in [2.24, 2.45) is 0 Å². The highest BCUT2D eigenvalue weighted by atomic mass is 16.1. The molecule has 0 atom stereocenters. The lowest BCUT2D eigenvalue weighted by molar-refractivity contribution is 0.0951. The molecule has 4 aromatic rings. The molecule has 156 valence electrons. The molecular weight excluding hydrogens is 384 g/mol. The zero-order chi connectivity index (χ0) is 21.6. The minimum atomic E-state index is -0.138. The molecule has 0 spiro atoms. The highest BCUT2D eigenvalue weighted by Crippen LogP contribution is 2.24. The lowest BCUT2D eigenvalue weighted by atomic mass is 10.1. The topological polar surface area (TPSA) is 50.2 Å². The smallest absolute Gasteiger partial charge is 0.255 e. The molecular formula is C26H26N4O. The minimum Gasteiger partial charge on any atom is -0.348 e. The monoisotopic (exact) mass is 410 g/mol. The molecule has 0 aliphatic rings. The summed E-state index contributed by atoms with van der Waals surface area (Å²) < 4.78 is 1.76. The van der Waals surface area contributed by atoms with E-state index in [2.05, 4.69) is 22.3 Å². The summed E-state index contributed by atoms with van der Waals surface area (Å²) >= 11 is 0. The van der Waals surface area contributed by atoms with E-state index in [-0.39, 0.29) is 5.91 Å². The van der Waals surface area contributed by atoms with Crippen LogP contribution in [-0.4, -0.2) is 34.7 Å². The van der Waals surface area contributed by atoms with Crippen LogP contribution in [-0.2, 0) is 13.1 Å². The SMILES string of the molecule is CN(C)Cc1ccccc1CNC(=O)c1cn(-c2ccccc2)nc1-c1ccccc1. The van der Waals surface area contributed by atoms with Gasteiger partial charge in [0, 0.05) is 24.8 Å². The fourth-order valence-electron chi connectivity index (χ4n) is 3.56. The van der Waals surface area contributed by atoms with Crippen molar-refractivity contribution in [1.82, 2.24) is 20.0 Å². The molecule has 0 aliphatic heterocycles. The normalized spacial score (nSPS) is 10.9. The maximum Gasteiger partial charge on any atom is 0.255 e. The Morgan fingerprint density at radius 2 is 1.48 bits per heavy atom. The van der Waals surface area contributed by atoms with Crippen LogP contribution in [0.25, 0.3) is 16.9 Å². The van der Waals surface area contributed by atoms with E-state index in [4.69, 9.17) is 5.10 Å². The summed E-state index contributed by atoms with van der Waals surface area (Å²) in [5, 5.41) is 7.83. The first-order valence-corrected chi connectivity index (χ1v) is 10.3. The van der Waals surface area contributed by atoms with Crippen molar-refractivity contribution in [2.45, 2.75) is 13.1 Å². The second-order valence-corrected chi connectivity index (χ2v) is 7.73. The number of carbonyl (C=O) groups excluding carboxylic acids is 1. The maximum absolute atomic E-state index is 13.2. The maximum atomic E-state index is 13.2. The molecule has 0 aliphatic carbocycles. The van der Waals surface area contributed by atoms with Gasteiger partial charge in [0.1, 0.15) is 5.69 Å². The van der Waals surface area contributed by atoms with Gasteiger partial charge < -0.3 is 10.2 Å². The molecule has 0 saturated carbocycles. The predicted molar refractivity (Wildman–Crippen MR) is 124 cm³/mol. The zero-order valence-corrected chi connectivity index (χ0v) is 17.8. The fourth-order valence-corrected chi connectivity index (χ4v) is 3.56. The number of para-hydroxylation sites is 1. The summed E-state index contributed by atoms with van der Waals surface area (Å²) in [6.45, 7) is 1.29. The first-order valence-electron chi connectivity index (χ1n) is 10.3. The van der Waals surface area contributed by atoms with Crippen LogP contribution in [0.4, 0.5) is 0 Å². The number of rotatable bonds is 7. The highest BCUT2D eigenvalue weighted by Gasteiger charge is 2.18. The molecule has 31 heavy (non-hydrogen) atoms. The summed E-state index contributed by atoms with van der Waals surface area (Å²) in [4.78, 5) is 15.3. The van der Waals surface area contributed by atoms with Crippen molar-refractivity contribution < 1.29 is 4.79 Å². The first-order chi connectivity index (χ1) is 15.1. The molecule has 0 unspecified atom stereocenters. The van der Waals surface area contributed by atoms with Crippen LogP contribution in [0, 0.1) is 0 Å². The van der Waals surface area contributed by atoms with Crippen molar-refractivity contribution >= 4 is 5.91 Å². The number of amides is 1. The third-order valence-electron chi connectivity index (χ3n) is 5.07. The summed E-state index contributed by atoms with van der Waals surface area (Å²) in [6.07, 6.45) is 1.80. The molecule has 5 heteroatoms. The zero-order valence-electron chi connectivity index (χ0n) is 17.8. The number of nitrogens with zero attached hydrogens (tertiary/aromatic N) is 3. The molecule has 1 amide bonds. The Bertz CT molecular complexity index is 1150. The van der Waals surface area contributed by atoms with E-state index in [1.165, 1.54) is 5.56 Å². The lowest BCUT2D eigenvalue weighted by Crippen LogP contribution is -2.24. The quantitative estimate of drug-likeness (QED) is 0.487. The van der Waals surface area contributed by atoms with Gasteiger partial charge in [0.2, 0.25) is 0 Å². The van der Waals surface area contributed by atoms with E-state index in [0.29, 0.717) is 17.8 Å². The number of carbonyl (C=O) groups is 1. The summed E-state index contributed by atoms with van der Waals surface area (Å²) in [6, 6.07) is 27.8. The van der Waals surface area contributed by atoms with Gasteiger partial charge in [0.05, 0.1) is 11.3 Å². The highest BCUT2D eigenvalue weighted by molar-refractivity contribution is 5.99. The van der Waals surface area contributed by atoms with Gasteiger partial charge in [-0.3, -0.25) is 4.79 Å². The molecule has 0 fully saturated rings. The van der Waals surface area contributed by atoms with Crippen LogP contribution in [0.15, 0.2) is 91.1 Å². The standard InChI is InChI=1S/C26H26N4O/c1-29(2)18-22-14-10-9-13-21(22)17-27-26(31)24-19-30(23-15-7-4-8-16-23)28-25(24)20-11-5-3-6-12-20/h3-16,19H,17-18H2,1-2H3,(H,27,31). The molecule has 5 nitrogen and oxygen atoms in total. The van der Waals surface area contributed by atoms with Gasteiger partial charge in [-0.1, -0.05) is 72.8 Å². The average molecular weight is 411 g/mol. The lowest BCUT2D eigenvalue weighted by Gasteiger charge is -2.14. The number of benzene rings is 3. The Hall–Kier alpha value is -3.70. The Morgan fingerprint density at radius 3 is 2.16 bits per heavy atom. The summed E-state index contributed by atoms with van der Waals surface area (Å²) in [5.74, 6) is -0.138. The first kappa shape index (κ1) is 20.6. The van der Waals surface area contributed by atoms with Crippen molar-refractivity contribution in [1.29, 1.82) is 0 Å². The van der Waals surface area contributed by atoms with Crippen LogP contribution < -0.4 is 5.32 Å². The third-order valence-corrected chi connectivity index (χ3v) is 5.07. The summed E-state index contributed by atoms with van der Waals surface area (Å²) in [5.41, 5.74) is 5.37. The second-order valence-electron chi connectivity index (χ2n) is 7.73. The molecule has 0 bridgehead atoms. The summed E-state index contributed by atoms with van der Waals surface area (Å²) in [7, 11) is 4.08. The van der Waals surface area contributed by atoms with Gasteiger partial charge in [-0.05, 0) is 37.4 Å². The fraction of sp³-hybridized carbons (Fsp3) is 0.154. The average Bonchev–Trinajstić information content (AvgIpc) is 3.25. The molecule has 0 radical (unpaired) electrons. The van der Waals surface area contributed by atoms with Gasteiger partial charge in [0.25, 0.3) is 5.91 Å². The van der Waals surface area contributed by atoms with Crippen LogP contribution >= 0.6 is 0 Å². The second kappa shape index (κ2) is 9.41. The van der Waals surface area contributed by atoms with Gasteiger partial charge in [-0.15, -0.1) is 0 Å². The number of nitrogens with one attached hydrogen (secondary N) is 1. The van der Waals surface area contributed by atoms with Crippen LogP contribution in [0.5, 0.6) is 0 Å². The number of aromatic nitrogens is 2. The molecule has 1 aromatic heterocycles. The van der Waals surface area contributed by atoms with E-state index in [1.54, 1.807) is 10.9 Å². The molecule has 0 saturated heterocycles. The molecule has 3 aromatic carbocycles. The van der Waals surface area contributed by atoms with E-state index < -0.39 is 0 Å². The Morgan fingerprint density at radius 1 is 0.871 bits per heavy atom. The van der Waals surface area contributed by atoms with Crippen LogP contribution in [0.2, 0.25) is 0 Å². The number of hydrogen-bond acceptors (Lipinski definition) is 3. The van der Waals surface area contributed by atoms with Gasteiger partial charge >= 0.3 is 0 Å². The molecule has 4 rings (SSSR count).